The van der Waals surface area contributed by atoms with E-state index in [9.17, 15) is 0 Å². The molecule has 4 rings (SSSR count). The van der Waals surface area contributed by atoms with Crippen LogP contribution in [-0.4, -0.2) is 38.5 Å². The van der Waals surface area contributed by atoms with Gasteiger partial charge >= 0.3 is 0 Å². The van der Waals surface area contributed by atoms with Crippen molar-refractivity contribution >= 4 is 18.7 Å². The van der Waals surface area contributed by atoms with Crippen LogP contribution >= 0.6 is 0 Å². The largest absolute Gasteiger partial charge is 0.405 e. The predicted molar refractivity (Wildman–Crippen MR) is 121 cm³/mol. The molecule has 0 bridgehead atoms. The Kier molecular flexibility index (Phi) is 5.11. The van der Waals surface area contributed by atoms with Crippen LogP contribution in [-0.2, 0) is 4.43 Å². The second kappa shape index (κ2) is 7.29. The van der Waals surface area contributed by atoms with Crippen molar-refractivity contribution in [2.24, 2.45) is 0 Å². The minimum atomic E-state index is -2.47. The lowest BCUT2D eigenvalue weighted by Gasteiger charge is -2.46. The van der Waals surface area contributed by atoms with Crippen molar-refractivity contribution in [2.45, 2.75) is 51.1 Å². The number of fused-ring (bicyclic) bond motifs is 1. The Morgan fingerprint density at radius 2 is 1.54 bits per heavy atom. The van der Waals surface area contributed by atoms with E-state index in [0.717, 1.165) is 13.2 Å². The van der Waals surface area contributed by atoms with Crippen molar-refractivity contribution in [2.75, 3.05) is 19.7 Å². The average molecular weight is 392 g/mol. The molecule has 2 aliphatic rings. The summed E-state index contributed by atoms with van der Waals surface area (Å²) < 4.78 is 7.28. The van der Waals surface area contributed by atoms with Gasteiger partial charge < -0.3 is 4.43 Å². The van der Waals surface area contributed by atoms with E-state index in [2.05, 4.69) is 99.3 Å². The number of hydrogen-bond acceptors (Lipinski definition) is 2. The fourth-order valence-electron chi connectivity index (χ4n) is 5.35. The zero-order valence-electron chi connectivity index (χ0n) is 17.7. The first-order valence-corrected chi connectivity index (χ1v) is 12.5. The van der Waals surface area contributed by atoms with Crippen LogP contribution in [0, 0.1) is 0 Å². The van der Waals surface area contributed by atoms with Gasteiger partial charge in [-0.3, -0.25) is 4.90 Å². The zero-order chi connectivity index (χ0) is 19.8. The molecule has 0 spiro atoms. The smallest absolute Gasteiger partial charge is 0.261 e. The SMILES string of the molecule is CC1=CCN2CCC[C@@]12CO[Si](c1ccccc1)(c1ccccc1)C(C)(C)C. The second-order valence-electron chi connectivity index (χ2n) is 9.42. The first-order chi connectivity index (χ1) is 13.4. The van der Waals surface area contributed by atoms with Crippen molar-refractivity contribution in [1.29, 1.82) is 0 Å². The third-order valence-electron chi connectivity index (χ3n) is 6.92. The van der Waals surface area contributed by atoms with Gasteiger partial charge in [-0.05, 0) is 41.7 Å². The molecule has 2 aromatic rings. The third kappa shape index (κ3) is 3.01. The first kappa shape index (κ1) is 19.6. The number of benzene rings is 2. The highest BCUT2D eigenvalue weighted by atomic mass is 28.4. The molecule has 0 radical (unpaired) electrons. The molecule has 1 atom stereocenters. The van der Waals surface area contributed by atoms with Crippen LogP contribution in [0.1, 0.15) is 40.5 Å². The minimum absolute atomic E-state index is 0.0337. The number of hydrogen-bond donors (Lipinski definition) is 0. The summed E-state index contributed by atoms with van der Waals surface area (Å²) in [6.45, 7) is 12.5. The van der Waals surface area contributed by atoms with E-state index in [-0.39, 0.29) is 10.6 Å². The Balaban J connectivity index is 1.81. The average Bonchev–Trinajstić information content (AvgIpc) is 3.23. The highest BCUT2D eigenvalue weighted by Gasteiger charge is 2.53. The van der Waals surface area contributed by atoms with Gasteiger partial charge in [0.1, 0.15) is 0 Å². The van der Waals surface area contributed by atoms with Crippen molar-refractivity contribution in [1.82, 2.24) is 4.90 Å². The molecule has 2 nitrogen and oxygen atoms in total. The predicted octanol–water partition coefficient (Wildman–Crippen LogP) is 4.36. The quantitative estimate of drug-likeness (QED) is 0.555. The van der Waals surface area contributed by atoms with Gasteiger partial charge in [-0.2, -0.15) is 0 Å². The molecule has 2 aliphatic heterocycles. The summed E-state index contributed by atoms with van der Waals surface area (Å²) in [4.78, 5) is 2.64. The van der Waals surface area contributed by atoms with E-state index in [0.29, 0.717) is 0 Å². The van der Waals surface area contributed by atoms with Crippen molar-refractivity contribution in [3.8, 4) is 0 Å². The molecule has 0 amide bonds. The van der Waals surface area contributed by atoms with Crippen LogP contribution in [0.2, 0.25) is 5.04 Å². The monoisotopic (exact) mass is 391 g/mol. The summed E-state index contributed by atoms with van der Waals surface area (Å²) in [6.07, 6.45) is 4.90. The van der Waals surface area contributed by atoms with Gasteiger partial charge in [-0.15, -0.1) is 0 Å². The third-order valence-corrected chi connectivity index (χ3v) is 11.9. The van der Waals surface area contributed by atoms with Crippen LogP contribution < -0.4 is 10.4 Å². The summed E-state index contributed by atoms with van der Waals surface area (Å²) in [5.74, 6) is 0. The van der Waals surface area contributed by atoms with Crippen molar-refractivity contribution in [3.63, 3.8) is 0 Å². The van der Waals surface area contributed by atoms with Gasteiger partial charge in [0.05, 0.1) is 12.1 Å². The maximum absolute atomic E-state index is 7.28. The Bertz CT molecular complexity index is 800. The lowest BCUT2D eigenvalue weighted by atomic mass is 9.91. The number of rotatable bonds is 5. The van der Waals surface area contributed by atoms with Gasteiger partial charge in [-0.1, -0.05) is 93.1 Å². The molecule has 1 fully saturated rings. The molecule has 0 N–H and O–H groups in total. The van der Waals surface area contributed by atoms with E-state index >= 15 is 0 Å². The summed E-state index contributed by atoms with van der Waals surface area (Å²) in [7, 11) is -2.47. The van der Waals surface area contributed by atoms with Crippen LogP contribution in [0.25, 0.3) is 0 Å². The van der Waals surface area contributed by atoms with Crippen molar-refractivity contribution < 1.29 is 4.43 Å². The molecule has 1 saturated heterocycles. The van der Waals surface area contributed by atoms with E-state index in [1.165, 1.54) is 35.3 Å². The molecular weight excluding hydrogens is 358 g/mol. The van der Waals surface area contributed by atoms with Gasteiger partial charge in [0.2, 0.25) is 0 Å². The topological polar surface area (TPSA) is 12.5 Å². The highest BCUT2D eigenvalue weighted by molar-refractivity contribution is 6.99. The van der Waals surface area contributed by atoms with Crippen LogP contribution in [0.15, 0.2) is 72.3 Å². The maximum atomic E-state index is 7.28. The lowest BCUT2D eigenvalue weighted by Crippen LogP contribution is -2.68. The molecule has 0 aromatic heterocycles. The Hall–Kier alpha value is -1.68. The summed E-state index contributed by atoms with van der Waals surface area (Å²) in [5.41, 5.74) is 1.61. The Labute approximate surface area is 171 Å². The fraction of sp³-hybridized carbons (Fsp3) is 0.440. The molecule has 148 valence electrons. The van der Waals surface area contributed by atoms with Gasteiger partial charge in [0, 0.05) is 6.54 Å². The normalized spacial score (nSPS) is 22.9. The van der Waals surface area contributed by atoms with E-state index in [1.54, 1.807) is 0 Å². The second-order valence-corrected chi connectivity index (χ2v) is 13.7. The molecule has 2 heterocycles. The minimum Gasteiger partial charge on any atom is -0.405 e. The van der Waals surface area contributed by atoms with Gasteiger partial charge in [0.15, 0.2) is 0 Å². The molecule has 28 heavy (non-hydrogen) atoms. The molecule has 0 aliphatic carbocycles. The summed E-state index contributed by atoms with van der Waals surface area (Å²) in [5, 5.41) is 2.77. The first-order valence-electron chi connectivity index (χ1n) is 10.6. The van der Waals surface area contributed by atoms with Crippen LogP contribution in [0.5, 0.6) is 0 Å². The Morgan fingerprint density at radius 1 is 0.964 bits per heavy atom. The van der Waals surface area contributed by atoms with E-state index < -0.39 is 8.32 Å². The van der Waals surface area contributed by atoms with Gasteiger partial charge in [-0.25, -0.2) is 0 Å². The molecule has 0 saturated carbocycles. The fourth-order valence-corrected chi connectivity index (χ4v) is 9.96. The molecule has 3 heteroatoms. The zero-order valence-corrected chi connectivity index (χ0v) is 18.7. The van der Waals surface area contributed by atoms with Gasteiger partial charge in [0.25, 0.3) is 8.32 Å². The maximum Gasteiger partial charge on any atom is 0.261 e. The number of nitrogens with zero attached hydrogens (tertiary/aromatic N) is 1. The van der Waals surface area contributed by atoms with E-state index in [4.69, 9.17) is 4.43 Å². The molecular formula is C25H33NOSi. The standard InChI is InChI=1S/C25H33NOSi/c1-21-16-19-26-18-11-17-25(21,26)20-27-28(24(2,3)4,22-12-7-5-8-13-22)23-14-9-6-10-15-23/h5-10,12-16H,11,17-20H2,1-4H3/t25-/m1/s1. The molecule has 0 unspecified atom stereocenters. The Morgan fingerprint density at radius 3 is 2.07 bits per heavy atom. The molecule has 2 aromatic carbocycles. The summed E-state index contributed by atoms with van der Waals surface area (Å²) >= 11 is 0. The summed E-state index contributed by atoms with van der Waals surface area (Å²) in [6, 6.07) is 22.0. The highest BCUT2D eigenvalue weighted by Crippen LogP contribution is 2.43. The van der Waals surface area contributed by atoms with Crippen LogP contribution in [0.4, 0.5) is 0 Å². The van der Waals surface area contributed by atoms with Crippen LogP contribution in [0.3, 0.4) is 0 Å². The van der Waals surface area contributed by atoms with Crippen molar-refractivity contribution in [3.05, 3.63) is 72.3 Å². The lowest BCUT2D eigenvalue weighted by molar-refractivity contribution is 0.124. The van der Waals surface area contributed by atoms with E-state index in [1.807, 2.05) is 0 Å².